The van der Waals surface area contributed by atoms with Crippen molar-refractivity contribution in [2.24, 2.45) is 5.73 Å². The van der Waals surface area contributed by atoms with Crippen LogP contribution in [0.5, 0.6) is 0 Å². The maximum Gasteiger partial charge on any atom is 0.236 e. The van der Waals surface area contributed by atoms with E-state index in [2.05, 4.69) is 11.8 Å². The van der Waals surface area contributed by atoms with Crippen molar-refractivity contribution in [1.82, 2.24) is 9.80 Å². The molecule has 1 aliphatic rings. The van der Waals surface area contributed by atoms with Crippen LogP contribution in [0.25, 0.3) is 0 Å². The standard InChI is InChI=1S/C11H23N3O/c1-2-13(7-5-6-12)10-11(15)14-8-3-4-9-14/h2-10,12H2,1H3. The molecule has 4 nitrogen and oxygen atoms in total. The summed E-state index contributed by atoms with van der Waals surface area (Å²) in [5, 5.41) is 0. The van der Waals surface area contributed by atoms with E-state index in [0.717, 1.165) is 32.6 Å². The molecule has 2 N–H and O–H groups in total. The van der Waals surface area contributed by atoms with Gasteiger partial charge in [-0.2, -0.15) is 0 Å². The maximum atomic E-state index is 11.8. The number of hydrogen-bond donors (Lipinski definition) is 1. The van der Waals surface area contributed by atoms with E-state index in [9.17, 15) is 4.79 Å². The molecule has 88 valence electrons. The van der Waals surface area contributed by atoms with Crippen molar-refractivity contribution in [3.63, 3.8) is 0 Å². The summed E-state index contributed by atoms with van der Waals surface area (Å²) in [4.78, 5) is 16.0. The lowest BCUT2D eigenvalue weighted by atomic mass is 10.3. The van der Waals surface area contributed by atoms with Crippen molar-refractivity contribution in [3.8, 4) is 0 Å². The van der Waals surface area contributed by atoms with Gasteiger partial charge in [-0.1, -0.05) is 6.92 Å². The largest absolute Gasteiger partial charge is 0.342 e. The lowest BCUT2D eigenvalue weighted by Gasteiger charge is -2.23. The van der Waals surface area contributed by atoms with Gasteiger partial charge >= 0.3 is 0 Å². The van der Waals surface area contributed by atoms with Crippen LogP contribution in [0.4, 0.5) is 0 Å². The SMILES string of the molecule is CCN(CCCN)CC(=O)N1CCCC1. The predicted molar refractivity (Wildman–Crippen MR) is 61.6 cm³/mol. The Labute approximate surface area is 92.4 Å². The minimum absolute atomic E-state index is 0.284. The van der Waals surface area contributed by atoms with Crippen molar-refractivity contribution in [3.05, 3.63) is 0 Å². The first-order chi connectivity index (χ1) is 7.27. The van der Waals surface area contributed by atoms with Gasteiger partial charge in [0.05, 0.1) is 6.54 Å². The molecule has 1 fully saturated rings. The number of carbonyl (C=O) groups is 1. The Morgan fingerprint density at radius 2 is 2.07 bits per heavy atom. The molecule has 1 heterocycles. The van der Waals surface area contributed by atoms with Crippen molar-refractivity contribution < 1.29 is 4.79 Å². The third-order valence-corrected chi connectivity index (χ3v) is 2.94. The fourth-order valence-electron chi connectivity index (χ4n) is 1.92. The zero-order valence-electron chi connectivity index (χ0n) is 9.74. The smallest absolute Gasteiger partial charge is 0.236 e. The molecule has 1 saturated heterocycles. The summed E-state index contributed by atoms with van der Waals surface area (Å²) >= 11 is 0. The van der Waals surface area contributed by atoms with E-state index in [1.807, 2.05) is 4.90 Å². The summed E-state index contributed by atoms with van der Waals surface area (Å²) in [6, 6.07) is 0. The van der Waals surface area contributed by atoms with Crippen LogP contribution in [0, 0.1) is 0 Å². The number of nitrogens with zero attached hydrogens (tertiary/aromatic N) is 2. The Bertz CT molecular complexity index is 190. The summed E-state index contributed by atoms with van der Waals surface area (Å²) < 4.78 is 0. The van der Waals surface area contributed by atoms with E-state index in [-0.39, 0.29) is 5.91 Å². The van der Waals surface area contributed by atoms with Gasteiger partial charge < -0.3 is 10.6 Å². The molecule has 1 amide bonds. The van der Waals surface area contributed by atoms with Crippen molar-refractivity contribution in [1.29, 1.82) is 0 Å². The predicted octanol–water partition coefficient (Wildman–Crippen LogP) is 0.280. The highest BCUT2D eigenvalue weighted by Crippen LogP contribution is 2.08. The molecule has 1 aliphatic heterocycles. The van der Waals surface area contributed by atoms with E-state index < -0.39 is 0 Å². The molecule has 0 saturated carbocycles. The summed E-state index contributed by atoms with van der Waals surface area (Å²) in [5.41, 5.74) is 5.46. The number of likely N-dealkylation sites (tertiary alicyclic amines) is 1. The van der Waals surface area contributed by atoms with Gasteiger partial charge in [0.15, 0.2) is 0 Å². The van der Waals surface area contributed by atoms with Crippen LogP contribution in [-0.4, -0.2) is 55.0 Å². The van der Waals surface area contributed by atoms with Crippen LogP contribution in [0.1, 0.15) is 26.2 Å². The van der Waals surface area contributed by atoms with Crippen LogP contribution < -0.4 is 5.73 Å². The summed E-state index contributed by atoms with van der Waals surface area (Å²) in [6.45, 7) is 7.13. The first-order valence-electron chi connectivity index (χ1n) is 5.98. The van der Waals surface area contributed by atoms with E-state index in [0.29, 0.717) is 13.1 Å². The molecule has 4 heteroatoms. The van der Waals surface area contributed by atoms with Gasteiger partial charge in [-0.3, -0.25) is 9.69 Å². The fourth-order valence-corrected chi connectivity index (χ4v) is 1.92. The number of likely N-dealkylation sites (N-methyl/N-ethyl adjacent to an activating group) is 1. The fraction of sp³-hybridized carbons (Fsp3) is 0.909. The molecule has 0 bridgehead atoms. The zero-order chi connectivity index (χ0) is 11.1. The van der Waals surface area contributed by atoms with Gasteiger partial charge in [-0.05, 0) is 38.9 Å². The van der Waals surface area contributed by atoms with Gasteiger partial charge in [0, 0.05) is 13.1 Å². The molecular formula is C11H23N3O. The molecule has 15 heavy (non-hydrogen) atoms. The lowest BCUT2D eigenvalue weighted by molar-refractivity contribution is -0.131. The van der Waals surface area contributed by atoms with Gasteiger partial charge in [-0.25, -0.2) is 0 Å². The summed E-state index contributed by atoms with van der Waals surface area (Å²) in [5.74, 6) is 0.284. The number of hydrogen-bond acceptors (Lipinski definition) is 3. The van der Waals surface area contributed by atoms with Gasteiger partial charge in [0.1, 0.15) is 0 Å². The van der Waals surface area contributed by atoms with E-state index >= 15 is 0 Å². The van der Waals surface area contributed by atoms with Crippen molar-refractivity contribution in [2.75, 3.05) is 39.3 Å². The van der Waals surface area contributed by atoms with E-state index in [1.165, 1.54) is 12.8 Å². The lowest BCUT2D eigenvalue weighted by Crippen LogP contribution is -2.39. The Hall–Kier alpha value is -0.610. The van der Waals surface area contributed by atoms with Crippen LogP contribution in [0.2, 0.25) is 0 Å². The molecule has 1 rings (SSSR count). The summed E-state index contributed by atoms with van der Waals surface area (Å²) in [6.07, 6.45) is 3.31. The van der Waals surface area contributed by atoms with E-state index in [4.69, 9.17) is 5.73 Å². The monoisotopic (exact) mass is 213 g/mol. The topological polar surface area (TPSA) is 49.6 Å². The first-order valence-corrected chi connectivity index (χ1v) is 5.98. The van der Waals surface area contributed by atoms with Gasteiger partial charge in [0.2, 0.25) is 5.91 Å². The Morgan fingerprint density at radius 3 is 2.60 bits per heavy atom. The molecule has 0 atom stereocenters. The van der Waals surface area contributed by atoms with Crippen LogP contribution in [0.15, 0.2) is 0 Å². The highest BCUT2D eigenvalue weighted by Gasteiger charge is 2.19. The quantitative estimate of drug-likeness (QED) is 0.689. The second-order valence-electron chi connectivity index (χ2n) is 4.10. The molecular weight excluding hydrogens is 190 g/mol. The van der Waals surface area contributed by atoms with Gasteiger partial charge in [-0.15, -0.1) is 0 Å². The molecule has 0 aliphatic carbocycles. The van der Waals surface area contributed by atoms with Crippen molar-refractivity contribution >= 4 is 5.91 Å². The van der Waals surface area contributed by atoms with Crippen LogP contribution in [-0.2, 0) is 4.79 Å². The maximum absolute atomic E-state index is 11.8. The molecule has 0 aromatic heterocycles. The number of nitrogens with two attached hydrogens (primary N) is 1. The second-order valence-corrected chi connectivity index (χ2v) is 4.10. The molecule has 0 unspecified atom stereocenters. The van der Waals surface area contributed by atoms with Crippen molar-refractivity contribution in [2.45, 2.75) is 26.2 Å². The third-order valence-electron chi connectivity index (χ3n) is 2.94. The number of rotatable bonds is 6. The highest BCUT2D eigenvalue weighted by atomic mass is 16.2. The minimum Gasteiger partial charge on any atom is -0.342 e. The van der Waals surface area contributed by atoms with Gasteiger partial charge in [0.25, 0.3) is 0 Å². The summed E-state index contributed by atoms with van der Waals surface area (Å²) in [7, 11) is 0. The number of amides is 1. The Balaban J connectivity index is 2.26. The zero-order valence-corrected chi connectivity index (χ0v) is 9.74. The number of carbonyl (C=O) groups excluding carboxylic acids is 1. The molecule has 0 aromatic rings. The second kappa shape index (κ2) is 6.80. The van der Waals surface area contributed by atoms with Crippen LogP contribution >= 0.6 is 0 Å². The Morgan fingerprint density at radius 1 is 1.40 bits per heavy atom. The molecule has 0 aromatic carbocycles. The molecule has 0 spiro atoms. The average molecular weight is 213 g/mol. The average Bonchev–Trinajstić information content (AvgIpc) is 2.77. The third kappa shape index (κ3) is 4.18. The van der Waals surface area contributed by atoms with E-state index in [1.54, 1.807) is 0 Å². The normalized spacial score (nSPS) is 16.3. The van der Waals surface area contributed by atoms with Crippen LogP contribution in [0.3, 0.4) is 0 Å². The minimum atomic E-state index is 0.284. The first kappa shape index (κ1) is 12.5. The Kier molecular flexibility index (Phi) is 5.65. The molecule has 0 radical (unpaired) electrons. The highest BCUT2D eigenvalue weighted by molar-refractivity contribution is 5.78.